The SMILES string of the molecule is CC(O)(CNCc1cc[nH]c1)c1ccc(F)cc1F. The highest BCUT2D eigenvalue weighted by Gasteiger charge is 2.26. The zero-order valence-electron chi connectivity index (χ0n) is 10.6. The Morgan fingerprint density at radius 2 is 2.11 bits per heavy atom. The molecule has 0 amide bonds. The molecule has 1 atom stereocenters. The Bertz CT molecular complexity index is 538. The molecule has 1 unspecified atom stereocenters. The molecule has 0 aliphatic rings. The smallest absolute Gasteiger partial charge is 0.132 e. The molecule has 2 rings (SSSR count). The van der Waals surface area contributed by atoms with Gasteiger partial charge in [0.25, 0.3) is 0 Å². The van der Waals surface area contributed by atoms with Gasteiger partial charge in [-0.2, -0.15) is 0 Å². The van der Waals surface area contributed by atoms with Crippen LogP contribution in [0.1, 0.15) is 18.1 Å². The third-order valence-electron chi connectivity index (χ3n) is 2.97. The Hall–Kier alpha value is -1.72. The summed E-state index contributed by atoms with van der Waals surface area (Å²) in [6, 6.07) is 5.08. The van der Waals surface area contributed by atoms with Crippen molar-refractivity contribution < 1.29 is 13.9 Å². The van der Waals surface area contributed by atoms with Crippen molar-refractivity contribution in [2.45, 2.75) is 19.1 Å². The van der Waals surface area contributed by atoms with Gasteiger partial charge in [0.2, 0.25) is 0 Å². The molecule has 0 bridgehead atoms. The number of H-pyrrole nitrogens is 1. The van der Waals surface area contributed by atoms with E-state index in [1.54, 1.807) is 6.20 Å². The van der Waals surface area contributed by atoms with E-state index in [0.717, 1.165) is 17.7 Å². The molecule has 0 aliphatic heterocycles. The number of hydrogen-bond donors (Lipinski definition) is 3. The van der Waals surface area contributed by atoms with E-state index in [1.807, 2.05) is 12.3 Å². The van der Waals surface area contributed by atoms with Crippen LogP contribution in [0.15, 0.2) is 36.7 Å². The molecule has 5 heteroatoms. The largest absolute Gasteiger partial charge is 0.384 e. The van der Waals surface area contributed by atoms with Crippen LogP contribution in [0.25, 0.3) is 0 Å². The molecular weight excluding hydrogens is 250 g/mol. The minimum Gasteiger partial charge on any atom is -0.384 e. The number of aromatic amines is 1. The number of hydrogen-bond acceptors (Lipinski definition) is 2. The third-order valence-corrected chi connectivity index (χ3v) is 2.97. The van der Waals surface area contributed by atoms with Gasteiger partial charge in [0.05, 0.1) is 0 Å². The van der Waals surface area contributed by atoms with E-state index in [-0.39, 0.29) is 12.1 Å². The molecule has 1 aromatic heterocycles. The highest BCUT2D eigenvalue weighted by Crippen LogP contribution is 2.23. The molecule has 0 fully saturated rings. The fourth-order valence-corrected chi connectivity index (χ4v) is 1.94. The van der Waals surface area contributed by atoms with Crippen LogP contribution in [0.5, 0.6) is 0 Å². The molecule has 3 N–H and O–H groups in total. The summed E-state index contributed by atoms with van der Waals surface area (Å²) in [5.74, 6) is -1.40. The van der Waals surface area contributed by atoms with E-state index in [9.17, 15) is 13.9 Å². The number of rotatable bonds is 5. The lowest BCUT2D eigenvalue weighted by Crippen LogP contribution is -2.35. The summed E-state index contributed by atoms with van der Waals surface area (Å²) in [5, 5.41) is 13.3. The minimum absolute atomic E-state index is 0.0791. The molecule has 102 valence electrons. The summed E-state index contributed by atoms with van der Waals surface area (Å²) < 4.78 is 26.4. The molecule has 0 aliphatic carbocycles. The molecule has 0 spiro atoms. The van der Waals surface area contributed by atoms with Crippen LogP contribution in [-0.4, -0.2) is 16.6 Å². The maximum Gasteiger partial charge on any atom is 0.132 e. The Morgan fingerprint density at radius 3 is 2.74 bits per heavy atom. The topological polar surface area (TPSA) is 48.0 Å². The standard InChI is InChI=1S/C14H16F2N2O/c1-14(19,9-18-8-10-4-5-17-7-10)12-3-2-11(15)6-13(12)16/h2-7,17-19H,8-9H2,1H3. The first-order valence-electron chi connectivity index (χ1n) is 5.99. The van der Waals surface area contributed by atoms with E-state index in [2.05, 4.69) is 10.3 Å². The van der Waals surface area contributed by atoms with Gasteiger partial charge in [-0.25, -0.2) is 8.78 Å². The van der Waals surface area contributed by atoms with Crippen LogP contribution in [0, 0.1) is 11.6 Å². The van der Waals surface area contributed by atoms with Crippen molar-refractivity contribution in [2.24, 2.45) is 0 Å². The number of halogens is 2. The molecule has 19 heavy (non-hydrogen) atoms. The quantitative estimate of drug-likeness (QED) is 0.777. The number of nitrogens with one attached hydrogen (secondary N) is 2. The van der Waals surface area contributed by atoms with Crippen molar-refractivity contribution in [3.05, 3.63) is 59.4 Å². The second-order valence-electron chi connectivity index (χ2n) is 4.72. The monoisotopic (exact) mass is 266 g/mol. The van der Waals surface area contributed by atoms with Crippen molar-refractivity contribution in [3.8, 4) is 0 Å². The highest BCUT2D eigenvalue weighted by molar-refractivity contribution is 5.25. The maximum absolute atomic E-state index is 13.6. The van der Waals surface area contributed by atoms with E-state index in [0.29, 0.717) is 6.54 Å². The molecule has 2 aromatic rings. The van der Waals surface area contributed by atoms with Crippen LogP contribution >= 0.6 is 0 Å². The molecule has 1 aromatic carbocycles. The first-order valence-corrected chi connectivity index (χ1v) is 5.99. The van der Waals surface area contributed by atoms with Gasteiger partial charge in [-0.1, -0.05) is 6.07 Å². The van der Waals surface area contributed by atoms with Gasteiger partial charge in [-0.15, -0.1) is 0 Å². The Labute approximate surface area is 110 Å². The van der Waals surface area contributed by atoms with Crippen molar-refractivity contribution in [1.29, 1.82) is 0 Å². The Morgan fingerprint density at radius 1 is 1.32 bits per heavy atom. The predicted molar refractivity (Wildman–Crippen MR) is 68.4 cm³/mol. The zero-order chi connectivity index (χ0) is 13.9. The fourth-order valence-electron chi connectivity index (χ4n) is 1.94. The summed E-state index contributed by atoms with van der Waals surface area (Å²) in [5.41, 5.74) is -0.278. The summed E-state index contributed by atoms with van der Waals surface area (Å²) in [4.78, 5) is 2.92. The van der Waals surface area contributed by atoms with Crippen molar-refractivity contribution in [1.82, 2.24) is 10.3 Å². The summed E-state index contributed by atoms with van der Waals surface area (Å²) in [7, 11) is 0. The zero-order valence-corrected chi connectivity index (χ0v) is 10.6. The molecule has 3 nitrogen and oxygen atoms in total. The van der Waals surface area contributed by atoms with Crippen molar-refractivity contribution >= 4 is 0 Å². The molecule has 0 saturated carbocycles. The van der Waals surface area contributed by atoms with E-state index < -0.39 is 17.2 Å². The second-order valence-corrected chi connectivity index (χ2v) is 4.72. The van der Waals surface area contributed by atoms with Gasteiger partial charge in [-0.05, 0) is 24.6 Å². The van der Waals surface area contributed by atoms with Gasteiger partial charge in [0.1, 0.15) is 17.2 Å². The van der Waals surface area contributed by atoms with Crippen LogP contribution in [0.2, 0.25) is 0 Å². The molecule has 1 heterocycles. The summed E-state index contributed by atoms with van der Waals surface area (Å²) in [6.07, 6.45) is 3.63. The van der Waals surface area contributed by atoms with Gasteiger partial charge >= 0.3 is 0 Å². The van der Waals surface area contributed by atoms with Gasteiger partial charge in [0, 0.05) is 37.1 Å². The Balaban J connectivity index is 2.01. The second kappa shape index (κ2) is 5.50. The number of aliphatic hydroxyl groups is 1. The van der Waals surface area contributed by atoms with Gasteiger partial charge in [0.15, 0.2) is 0 Å². The average molecular weight is 266 g/mol. The van der Waals surface area contributed by atoms with Crippen LogP contribution in [0.3, 0.4) is 0 Å². The lowest BCUT2D eigenvalue weighted by atomic mass is 9.95. The summed E-state index contributed by atoms with van der Waals surface area (Å²) >= 11 is 0. The number of aromatic nitrogens is 1. The third kappa shape index (κ3) is 3.39. The van der Waals surface area contributed by atoms with E-state index >= 15 is 0 Å². The lowest BCUT2D eigenvalue weighted by molar-refractivity contribution is 0.0528. The first kappa shape index (κ1) is 13.7. The molecule has 0 saturated heterocycles. The minimum atomic E-state index is -1.39. The molecular formula is C14H16F2N2O. The lowest BCUT2D eigenvalue weighted by Gasteiger charge is -2.24. The average Bonchev–Trinajstić information content (AvgIpc) is 2.81. The van der Waals surface area contributed by atoms with Gasteiger partial charge in [-0.3, -0.25) is 0 Å². The van der Waals surface area contributed by atoms with Crippen molar-refractivity contribution in [3.63, 3.8) is 0 Å². The normalized spacial score (nSPS) is 14.3. The van der Waals surface area contributed by atoms with E-state index in [4.69, 9.17) is 0 Å². The van der Waals surface area contributed by atoms with Crippen molar-refractivity contribution in [2.75, 3.05) is 6.54 Å². The summed E-state index contributed by atoms with van der Waals surface area (Å²) in [6.45, 7) is 2.22. The van der Waals surface area contributed by atoms with Crippen LogP contribution in [0.4, 0.5) is 8.78 Å². The maximum atomic E-state index is 13.6. The number of benzene rings is 1. The predicted octanol–water partition coefficient (Wildman–Crippen LogP) is 2.29. The fraction of sp³-hybridized carbons (Fsp3) is 0.286. The first-order chi connectivity index (χ1) is 8.99. The molecule has 0 radical (unpaired) electrons. The van der Waals surface area contributed by atoms with Crippen LogP contribution in [-0.2, 0) is 12.1 Å². The Kier molecular flexibility index (Phi) is 3.97. The van der Waals surface area contributed by atoms with E-state index in [1.165, 1.54) is 13.0 Å². The van der Waals surface area contributed by atoms with Crippen LogP contribution < -0.4 is 5.32 Å². The highest BCUT2D eigenvalue weighted by atomic mass is 19.1. The van der Waals surface area contributed by atoms with Gasteiger partial charge < -0.3 is 15.4 Å².